The number of hydrogen-bond donors (Lipinski definition) is 1. The van der Waals surface area contributed by atoms with Crippen molar-refractivity contribution in [3.8, 4) is 28.2 Å². The van der Waals surface area contributed by atoms with E-state index in [0.717, 1.165) is 0 Å². The molecule has 0 saturated carbocycles. The molecule has 1 heterocycles. The van der Waals surface area contributed by atoms with Gasteiger partial charge in [-0.05, 0) is 103 Å². The van der Waals surface area contributed by atoms with Gasteiger partial charge in [0.05, 0.1) is 41.2 Å². The van der Waals surface area contributed by atoms with Gasteiger partial charge in [-0.25, -0.2) is 4.79 Å². The molecule has 0 unspecified atom stereocenters. The van der Waals surface area contributed by atoms with Gasteiger partial charge in [0.1, 0.15) is 8.95 Å². The van der Waals surface area contributed by atoms with Gasteiger partial charge in [0, 0.05) is 47.9 Å². The quantitative estimate of drug-likeness (QED) is 0.0464. The molecule has 1 aliphatic carbocycles. The van der Waals surface area contributed by atoms with Gasteiger partial charge in [-0.1, -0.05) is 46.4 Å². The van der Waals surface area contributed by atoms with Crippen molar-refractivity contribution < 1.29 is 32.3 Å². The number of carboxylic acid groups (broad SMARTS) is 1. The summed E-state index contributed by atoms with van der Waals surface area (Å²) in [5, 5.41) is 9.86. The highest BCUT2D eigenvalue weighted by Gasteiger charge is 2.40. The number of carbonyl (C=O) groups is 1. The van der Waals surface area contributed by atoms with Crippen LogP contribution >= 0.6 is 110 Å². The number of ether oxygens (including phenoxy) is 1. The third-order valence-electron chi connectivity index (χ3n) is 6.70. The lowest BCUT2D eigenvalue weighted by Gasteiger charge is -2.28. The molecular formula is C29H24Br4Cl4O8Si. The molecule has 1 N–H and O–H groups in total. The minimum Gasteiger partial charge on any atom is -0.491 e. The highest BCUT2D eigenvalue weighted by molar-refractivity contribution is 9.11. The zero-order valence-corrected chi connectivity index (χ0v) is 34.6. The van der Waals surface area contributed by atoms with Crippen LogP contribution in [0.3, 0.4) is 0 Å². The molecule has 0 aromatic heterocycles. The van der Waals surface area contributed by atoms with Gasteiger partial charge in [0.25, 0.3) is 0 Å². The topological polar surface area (TPSA) is 104 Å². The minimum absolute atomic E-state index is 0.0200. The Kier molecular flexibility index (Phi) is 13.4. The van der Waals surface area contributed by atoms with Crippen molar-refractivity contribution in [3.05, 3.63) is 65.9 Å². The second-order valence-electron chi connectivity index (χ2n) is 9.48. The Morgan fingerprint density at radius 3 is 2.00 bits per heavy atom. The predicted molar refractivity (Wildman–Crippen MR) is 198 cm³/mol. The van der Waals surface area contributed by atoms with Crippen LogP contribution in [0.2, 0.25) is 26.1 Å². The Labute approximate surface area is 319 Å². The Balaban J connectivity index is 1.95. The maximum atomic E-state index is 13.0. The standard InChI is InChI=1S/C29H24Br4Cl4O8Si/c1-4-42-46(43-5-2,44-6-3)9-7-8-41-28-15(31)11-13-16(17-18(29(39)40)22(35)24(37)23(36)21(17)34)12-10-14(30)25(38)19(32)26(12)45-27(13)20(28)33/h10-11H,4-9H2,1-3H3,(H,39,40). The lowest BCUT2D eigenvalue weighted by atomic mass is 9.90. The van der Waals surface area contributed by atoms with Crippen molar-refractivity contribution in [1.82, 2.24) is 0 Å². The van der Waals surface area contributed by atoms with Gasteiger partial charge < -0.3 is 27.5 Å². The summed E-state index contributed by atoms with van der Waals surface area (Å²) in [5.74, 6) is -0.893. The zero-order valence-electron chi connectivity index (χ0n) is 24.2. The van der Waals surface area contributed by atoms with E-state index in [1.165, 1.54) is 6.07 Å². The first-order valence-electron chi connectivity index (χ1n) is 13.7. The number of halogens is 8. The Morgan fingerprint density at radius 2 is 1.43 bits per heavy atom. The number of hydrogen-bond acceptors (Lipinski definition) is 7. The molecule has 0 amide bonds. The van der Waals surface area contributed by atoms with E-state index in [2.05, 4.69) is 63.7 Å². The fraction of sp³-hybridized carbons (Fsp3) is 0.310. The van der Waals surface area contributed by atoms with Crippen LogP contribution in [0.1, 0.15) is 37.6 Å². The van der Waals surface area contributed by atoms with E-state index in [-0.39, 0.29) is 63.7 Å². The van der Waals surface area contributed by atoms with E-state index in [1.54, 1.807) is 6.07 Å². The van der Waals surface area contributed by atoms with Crippen LogP contribution in [0.25, 0.3) is 33.4 Å². The van der Waals surface area contributed by atoms with E-state index in [1.807, 2.05) is 20.8 Å². The van der Waals surface area contributed by atoms with Gasteiger partial charge in [0.2, 0.25) is 5.43 Å². The van der Waals surface area contributed by atoms with Gasteiger partial charge in [-0.2, -0.15) is 0 Å². The Hall–Kier alpha value is -0.423. The van der Waals surface area contributed by atoms with Crippen LogP contribution in [0.4, 0.5) is 0 Å². The first kappa shape index (κ1) is 38.4. The van der Waals surface area contributed by atoms with Crippen molar-refractivity contribution >= 4 is 136 Å². The molecule has 1 aliphatic heterocycles. The lowest BCUT2D eigenvalue weighted by Crippen LogP contribution is -2.46. The normalized spacial score (nSPS) is 12.0. The summed E-state index contributed by atoms with van der Waals surface area (Å²) in [5.41, 5.74) is 0.0309. The maximum Gasteiger partial charge on any atom is 0.501 e. The van der Waals surface area contributed by atoms with Crippen LogP contribution in [-0.2, 0) is 13.3 Å². The third kappa shape index (κ3) is 7.36. The van der Waals surface area contributed by atoms with Crippen molar-refractivity contribution in [2.24, 2.45) is 0 Å². The lowest BCUT2D eigenvalue weighted by molar-refractivity contribution is 0.0688. The van der Waals surface area contributed by atoms with Crippen LogP contribution in [0.5, 0.6) is 5.75 Å². The molecule has 2 aromatic carbocycles. The first-order valence-corrected chi connectivity index (χ1v) is 20.3. The predicted octanol–water partition coefficient (Wildman–Crippen LogP) is 11.7. The fourth-order valence-electron chi connectivity index (χ4n) is 4.92. The third-order valence-corrected chi connectivity index (χ3v) is 14.3. The molecule has 2 aliphatic rings. The summed E-state index contributed by atoms with van der Waals surface area (Å²) in [7, 11) is -2.88. The SMILES string of the molecule is CCO[Si](CCCOc1c(Br)cc2c(-c3c(Cl)c(Cl)c(Cl)c(Cl)c3C(=O)O)c3cc(Br)c(=O)c(Br)c-3oc2c1Br)(OCC)OCC. The van der Waals surface area contributed by atoms with Crippen LogP contribution in [-0.4, -0.2) is 46.3 Å². The van der Waals surface area contributed by atoms with Crippen LogP contribution < -0.4 is 10.2 Å². The maximum absolute atomic E-state index is 13.0. The summed E-state index contributed by atoms with van der Waals surface area (Å²) in [6.45, 7) is 7.33. The molecule has 0 bridgehead atoms. The molecular weight excluding hydrogens is 966 g/mol. The Bertz CT molecular complexity index is 1840. The smallest absolute Gasteiger partial charge is 0.491 e. The number of aromatic carboxylic acids is 1. The van der Waals surface area contributed by atoms with Gasteiger partial charge in [0.15, 0.2) is 17.1 Å². The molecule has 17 heteroatoms. The molecule has 0 fully saturated rings. The molecule has 8 nitrogen and oxygen atoms in total. The second kappa shape index (κ2) is 16.1. The average molecular weight is 990 g/mol. The largest absolute Gasteiger partial charge is 0.501 e. The van der Waals surface area contributed by atoms with Crippen molar-refractivity contribution in [2.75, 3.05) is 26.4 Å². The molecule has 2 aromatic rings. The van der Waals surface area contributed by atoms with Gasteiger partial charge in [-0.3, -0.25) is 4.79 Å². The monoisotopic (exact) mass is 984 g/mol. The average Bonchev–Trinajstić information content (AvgIpc) is 3.00. The molecule has 46 heavy (non-hydrogen) atoms. The molecule has 0 saturated heterocycles. The molecule has 4 rings (SSSR count). The van der Waals surface area contributed by atoms with Crippen molar-refractivity contribution in [1.29, 1.82) is 0 Å². The summed E-state index contributed by atoms with van der Waals surface area (Å²) in [6, 6.07) is 3.74. The van der Waals surface area contributed by atoms with E-state index in [0.29, 0.717) is 57.9 Å². The molecule has 0 radical (unpaired) electrons. The number of rotatable bonds is 13. The highest BCUT2D eigenvalue weighted by Crippen LogP contribution is 2.54. The van der Waals surface area contributed by atoms with E-state index in [4.69, 9.17) is 68.8 Å². The van der Waals surface area contributed by atoms with Gasteiger partial charge in [-0.15, -0.1) is 0 Å². The van der Waals surface area contributed by atoms with E-state index in [9.17, 15) is 14.7 Å². The second-order valence-corrected chi connectivity index (χ2v) is 17.0. The highest BCUT2D eigenvalue weighted by atomic mass is 79.9. The zero-order chi connectivity index (χ0) is 34.1. The van der Waals surface area contributed by atoms with Crippen molar-refractivity contribution in [3.63, 3.8) is 0 Å². The fourth-order valence-corrected chi connectivity index (χ4v) is 11.2. The minimum atomic E-state index is -2.88. The molecule has 0 atom stereocenters. The van der Waals surface area contributed by atoms with Gasteiger partial charge >= 0.3 is 14.8 Å². The number of fused-ring (bicyclic) bond motifs is 2. The summed E-state index contributed by atoms with van der Waals surface area (Å²) >= 11 is 39.8. The molecule has 0 spiro atoms. The summed E-state index contributed by atoms with van der Waals surface area (Å²) in [6.07, 6.45) is 0.557. The van der Waals surface area contributed by atoms with Crippen LogP contribution in [0, 0.1) is 0 Å². The number of carboxylic acids is 1. The van der Waals surface area contributed by atoms with Crippen molar-refractivity contribution in [2.45, 2.75) is 33.2 Å². The van der Waals surface area contributed by atoms with E-state index < -0.39 is 20.2 Å². The van der Waals surface area contributed by atoms with Crippen LogP contribution in [0.15, 0.2) is 39.2 Å². The summed E-state index contributed by atoms with van der Waals surface area (Å²) < 4.78 is 31.5. The number of benzene rings is 3. The summed E-state index contributed by atoms with van der Waals surface area (Å²) in [4.78, 5) is 25.6. The molecule has 248 valence electrons. The van der Waals surface area contributed by atoms with E-state index >= 15 is 0 Å². The first-order chi connectivity index (χ1) is 21.7. The Morgan fingerprint density at radius 1 is 0.848 bits per heavy atom.